The SMILES string of the molecule is CCOC(=O)C1(N[C@@H](C)C(=O)N2CCC[C@H]2C(=O)O)CC1.Cl. The molecule has 0 aromatic carbocycles. The number of carboxylic acids is 1. The van der Waals surface area contributed by atoms with Gasteiger partial charge in [-0.05, 0) is 39.5 Å². The molecular formula is C14H23ClN2O5. The lowest BCUT2D eigenvalue weighted by Crippen LogP contribution is -2.54. The number of ether oxygens (including phenoxy) is 1. The summed E-state index contributed by atoms with van der Waals surface area (Å²) >= 11 is 0. The monoisotopic (exact) mass is 334 g/mol. The Morgan fingerprint density at radius 1 is 1.41 bits per heavy atom. The van der Waals surface area contributed by atoms with Crippen LogP contribution in [-0.2, 0) is 19.1 Å². The van der Waals surface area contributed by atoms with Crippen molar-refractivity contribution >= 4 is 30.3 Å². The molecule has 0 aromatic heterocycles. The predicted molar refractivity (Wildman–Crippen MR) is 80.8 cm³/mol. The average molecular weight is 335 g/mol. The van der Waals surface area contributed by atoms with Crippen molar-refractivity contribution in [3.8, 4) is 0 Å². The Bertz CT molecular complexity index is 453. The zero-order valence-electron chi connectivity index (χ0n) is 12.8. The number of halogens is 1. The number of aliphatic carboxylic acids is 1. The van der Waals surface area contributed by atoms with Gasteiger partial charge in [-0.3, -0.25) is 14.9 Å². The molecule has 0 aromatic rings. The first-order chi connectivity index (χ1) is 9.91. The minimum Gasteiger partial charge on any atom is -0.480 e. The molecular weight excluding hydrogens is 312 g/mol. The van der Waals surface area contributed by atoms with Crippen LogP contribution in [0.2, 0.25) is 0 Å². The fraction of sp³-hybridized carbons (Fsp3) is 0.786. The summed E-state index contributed by atoms with van der Waals surface area (Å²) in [5.41, 5.74) is -0.760. The van der Waals surface area contributed by atoms with Crippen molar-refractivity contribution in [1.29, 1.82) is 0 Å². The van der Waals surface area contributed by atoms with Crippen molar-refractivity contribution < 1.29 is 24.2 Å². The van der Waals surface area contributed by atoms with Crippen LogP contribution in [0.25, 0.3) is 0 Å². The van der Waals surface area contributed by atoms with E-state index >= 15 is 0 Å². The second kappa shape index (κ2) is 7.28. The molecule has 0 spiro atoms. The second-order valence-electron chi connectivity index (χ2n) is 5.70. The van der Waals surface area contributed by atoms with E-state index in [1.807, 2.05) is 0 Å². The minimum absolute atomic E-state index is 0. The topological polar surface area (TPSA) is 95.9 Å². The lowest BCUT2D eigenvalue weighted by molar-refractivity contribution is -0.151. The highest BCUT2D eigenvalue weighted by atomic mass is 35.5. The fourth-order valence-electron chi connectivity index (χ4n) is 2.81. The lowest BCUT2D eigenvalue weighted by atomic mass is 10.1. The number of amides is 1. The number of likely N-dealkylation sites (tertiary alicyclic amines) is 1. The van der Waals surface area contributed by atoms with Crippen molar-refractivity contribution in [2.75, 3.05) is 13.2 Å². The van der Waals surface area contributed by atoms with Crippen LogP contribution < -0.4 is 5.32 Å². The maximum Gasteiger partial charge on any atom is 0.326 e. The molecule has 0 unspecified atom stereocenters. The quantitative estimate of drug-likeness (QED) is 0.689. The maximum absolute atomic E-state index is 12.4. The van der Waals surface area contributed by atoms with E-state index in [0.717, 1.165) is 0 Å². The van der Waals surface area contributed by atoms with Crippen LogP contribution in [0.3, 0.4) is 0 Å². The summed E-state index contributed by atoms with van der Waals surface area (Å²) in [4.78, 5) is 36.8. The van der Waals surface area contributed by atoms with E-state index in [-0.39, 0.29) is 24.3 Å². The molecule has 1 saturated heterocycles. The Labute approximate surface area is 135 Å². The van der Waals surface area contributed by atoms with Crippen molar-refractivity contribution in [2.24, 2.45) is 0 Å². The molecule has 8 heteroatoms. The predicted octanol–water partition coefficient (Wildman–Crippen LogP) is 0.558. The molecule has 1 heterocycles. The van der Waals surface area contributed by atoms with Crippen LogP contribution in [0, 0.1) is 0 Å². The number of carboxylic acid groups (broad SMARTS) is 1. The molecule has 2 rings (SSSR count). The first-order valence-electron chi connectivity index (χ1n) is 7.39. The van der Waals surface area contributed by atoms with E-state index in [4.69, 9.17) is 9.84 Å². The Kier molecular flexibility index (Phi) is 6.19. The molecule has 2 atom stereocenters. The molecule has 1 aliphatic heterocycles. The highest BCUT2D eigenvalue weighted by Gasteiger charge is 2.53. The van der Waals surface area contributed by atoms with Gasteiger partial charge in [0.25, 0.3) is 0 Å². The number of carbonyl (C=O) groups is 3. The molecule has 0 radical (unpaired) electrons. The first kappa shape index (κ1) is 18.7. The van der Waals surface area contributed by atoms with Crippen LogP contribution in [0.15, 0.2) is 0 Å². The molecule has 1 aliphatic carbocycles. The normalized spacial score (nSPS) is 23.4. The molecule has 126 valence electrons. The number of hydrogen-bond acceptors (Lipinski definition) is 5. The van der Waals surface area contributed by atoms with Gasteiger partial charge in [0.1, 0.15) is 11.6 Å². The van der Waals surface area contributed by atoms with Gasteiger partial charge >= 0.3 is 11.9 Å². The van der Waals surface area contributed by atoms with Crippen LogP contribution >= 0.6 is 12.4 Å². The summed E-state index contributed by atoms with van der Waals surface area (Å²) in [6.45, 7) is 4.16. The second-order valence-corrected chi connectivity index (χ2v) is 5.70. The van der Waals surface area contributed by atoms with E-state index in [1.165, 1.54) is 4.90 Å². The van der Waals surface area contributed by atoms with Gasteiger partial charge in [-0.2, -0.15) is 0 Å². The van der Waals surface area contributed by atoms with Gasteiger partial charge in [-0.15, -0.1) is 12.4 Å². The van der Waals surface area contributed by atoms with Crippen LogP contribution in [-0.4, -0.2) is 58.6 Å². The van der Waals surface area contributed by atoms with Gasteiger partial charge in [-0.25, -0.2) is 4.79 Å². The standard InChI is InChI=1S/C14H22N2O5.ClH/c1-3-21-13(20)14(6-7-14)15-9(2)11(17)16-8-4-5-10(16)12(18)19;/h9-10,15H,3-8H2,1-2H3,(H,18,19);1H/t9-,10-;/m0./s1. The lowest BCUT2D eigenvalue weighted by Gasteiger charge is -2.27. The zero-order valence-corrected chi connectivity index (χ0v) is 13.6. The van der Waals surface area contributed by atoms with E-state index in [1.54, 1.807) is 13.8 Å². The number of carbonyl (C=O) groups excluding carboxylic acids is 2. The Morgan fingerprint density at radius 2 is 2.05 bits per heavy atom. The van der Waals surface area contributed by atoms with Crippen molar-refractivity contribution in [2.45, 2.75) is 57.2 Å². The Morgan fingerprint density at radius 3 is 2.55 bits per heavy atom. The molecule has 2 aliphatic rings. The molecule has 22 heavy (non-hydrogen) atoms. The highest BCUT2D eigenvalue weighted by Crippen LogP contribution is 2.37. The molecule has 1 saturated carbocycles. The smallest absolute Gasteiger partial charge is 0.326 e. The van der Waals surface area contributed by atoms with Crippen LogP contribution in [0.1, 0.15) is 39.5 Å². The Balaban J connectivity index is 0.00000242. The van der Waals surface area contributed by atoms with Gasteiger partial charge in [0.2, 0.25) is 5.91 Å². The number of hydrogen-bond donors (Lipinski definition) is 2. The van der Waals surface area contributed by atoms with E-state index in [2.05, 4.69) is 5.32 Å². The summed E-state index contributed by atoms with van der Waals surface area (Å²) in [5.74, 6) is -1.57. The average Bonchev–Trinajstić information content (AvgIpc) is 3.04. The Hall–Kier alpha value is -1.34. The number of rotatable bonds is 6. The summed E-state index contributed by atoms with van der Waals surface area (Å²) in [6.07, 6.45) is 2.47. The third kappa shape index (κ3) is 3.70. The summed E-state index contributed by atoms with van der Waals surface area (Å²) in [7, 11) is 0. The number of nitrogens with zero attached hydrogens (tertiary/aromatic N) is 1. The first-order valence-corrected chi connectivity index (χ1v) is 7.39. The van der Waals surface area contributed by atoms with Gasteiger partial charge in [0.05, 0.1) is 12.6 Å². The molecule has 7 nitrogen and oxygen atoms in total. The largest absolute Gasteiger partial charge is 0.480 e. The third-order valence-corrected chi connectivity index (χ3v) is 4.10. The van der Waals surface area contributed by atoms with Gasteiger partial charge in [0.15, 0.2) is 0 Å². The van der Waals surface area contributed by atoms with E-state index in [9.17, 15) is 14.4 Å². The van der Waals surface area contributed by atoms with E-state index in [0.29, 0.717) is 38.8 Å². The van der Waals surface area contributed by atoms with Crippen molar-refractivity contribution in [3.63, 3.8) is 0 Å². The number of nitrogens with one attached hydrogen (secondary N) is 1. The summed E-state index contributed by atoms with van der Waals surface area (Å²) in [6, 6.07) is -1.35. The summed E-state index contributed by atoms with van der Waals surface area (Å²) < 4.78 is 5.01. The maximum atomic E-state index is 12.4. The zero-order chi connectivity index (χ0) is 15.6. The molecule has 1 amide bonds. The van der Waals surface area contributed by atoms with Crippen molar-refractivity contribution in [3.05, 3.63) is 0 Å². The third-order valence-electron chi connectivity index (χ3n) is 4.10. The van der Waals surface area contributed by atoms with Gasteiger partial charge in [-0.1, -0.05) is 0 Å². The van der Waals surface area contributed by atoms with E-state index < -0.39 is 23.6 Å². The molecule has 2 N–H and O–H groups in total. The van der Waals surface area contributed by atoms with Gasteiger partial charge in [0, 0.05) is 6.54 Å². The highest BCUT2D eigenvalue weighted by molar-refractivity contribution is 5.89. The molecule has 0 bridgehead atoms. The summed E-state index contributed by atoms with van der Waals surface area (Å²) in [5, 5.41) is 12.2. The van der Waals surface area contributed by atoms with Crippen LogP contribution in [0.4, 0.5) is 0 Å². The van der Waals surface area contributed by atoms with Crippen LogP contribution in [0.5, 0.6) is 0 Å². The van der Waals surface area contributed by atoms with Gasteiger partial charge < -0.3 is 14.7 Å². The number of esters is 1. The minimum atomic E-state index is -0.973. The molecule has 2 fully saturated rings. The fourth-order valence-corrected chi connectivity index (χ4v) is 2.81. The van der Waals surface area contributed by atoms with Crippen molar-refractivity contribution in [1.82, 2.24) is 10.2 Å².